The van der Waals surface area contributed by atoms with Crippen molar-refractivity contribution in [2.24, 2.45) is 17.6 Å². The third-order valence-electron chi connectivity index (χ3n) is 5.00. The van der Waals surface area contributed by atoms with E-state index in [0.29, 0.717) is 25.1 Å². The number of nitrogens with two attached hydrogens (primary N) is 1. The van der Waals surface area contributed by atoms with Crippen molar-refractivity contribution in [2.45, 2.75) is 72.4 Å². The molecule has 168 valence electrons. The van der Waals surface area contributed by atoms with Crippen molar-refractivity contribution in [2.75, 3.05) is 11.9 Å². The van der Waals surface area contributed by atoms with E-state index in [1.54, 1.807) is 0 Å². The number of ketones is 1. The van der Waals surface area contributed by atoms with Crippen molar-refractivity contribution < 1.29 is 14.4 Å². The molecule has 7 nitrogen and oxygen atoms in total. The highest BCUT2D eigenvalue weighted by Gasteiger charge is 2.28. The van der Waals surface area contributed by atoms with Crippen LogP contribution in [0, 0.1) is 11.8 Å². The summed E-state index contributed by atoms with van der Waals surface area (Å²) in [4.78, 5) is 36.8. The molecule has 0 heterocycles. The Hall–Kier alpha value is -2.41. The minimum absolute atomic E-state index is 0.0306. The lowest BCUT2D eigenvalue weighted by Crippen LogP contribution is -2.45. The minimum Gasteiger partial charge on any atom is -0.352 e. The van der Waals surface area contributed by atoms with Crippen LogP contribution in [0.1, 0.15) is 59.4 Å². The van der Waals surface area contributed by atoms with E-state index in [9.17, 15) is 14.4 Å². The van der Waals surface area contributed by atoms with Gasteiger partial charge in [0, 0.05) is 30.6 Å². The quantitative estimate of drug-likeness (QED) is 0.368. The fraction of sp³-hybridized carbons (Fsp3) is 0.609. The van der Waals surface area contributed by atoms with Gasteiger partial charge in [-0.05, 0) is 42.9 Å². The lowest BCUT2D eigenvalue weighted by atomic mass is 9.89. The average Bonchev–Trinajstić information content (AvgIpc) is 2.68. The summed E-state index contributed by atoms with van der Waals surface area (Å²) in [5.41, 5.74) is 7.01. The van der Waals surface area contributed by atoms with Crippen LogP contribution in [-0.2, 0) is 16.0 Å². The number of primary amides is 1. The molecule has 0 spiro atoms. The van der Waals surface area contributed by atoms with E-state index in [1.165, 1.54) is 5.56 Å². The van der Waals surface area contributed by atoms with E-state index >= 15 is 0 Å². The second kappa shape index (κ2) is 13.0. The summed E-state index contributed by atoms with van der Waals surface area (Å²) in [6.45, 7) is 10.4. The monoisotopic (exact) mass is 418 g/mol. The maximum absolute atomic E-state index is 13.0. The Morgan fingerprint density at radius 1 is 1.03 bits per heavy atom. The van der Waals surface area contributed by atoms with Crippen LogP contribution < -0.4 is 21.7 Å². The second-order valence-corrected chi connectivity index (χ2v) is 8.38. The summed E-state index contributed by atoms with van der Waals surface area (Å²) in [5, 5.41) is 8.78. The first-order valence-corrected chi connectivity index (χ1v) is 10.9. The van der Waals surface area contributed by atoms with Crippen molar-refractivity contribution in [1.29, 1.82) is 0 Å². The summed E-state index contributed by atoms with van der Waals surface area (Å²) >= 11 is 0. The van der Waals surface area contributed by atoms with Gasteiger partial charge in [0.2, 0.25) is 5.91 Å². The smallest absolute Gasteiger partial charge is 0.312 e. The van der Waals surface area contributed by atoms with Gasteiger partial charge in [-0.3, -0.25) is 9.59 Å². The van der Waals surface area contributed by atoms with E-state index in [-0.39, 0.29) is 36.1 Å². The SMILES string of the molecule is CCc1ccc(NC(=O)[C@H](CCCNC(N)=O)CC(=O)[C@@H](NC(C)C)C(C)C)cc1. The Morgan fingerprint density at radius 2 is 1.67 bits per heavy atom. The molecule has 2 atom stereocenters. The van der Waals surface area contributed by atoms with Crippen molar-refractivity contribution in [1.82, 2.24) is 10.6 Å². The number of carbonyl (C=O) groups is 3. The van der Waals surface area contributed by atoms with Crippen LogP contribution in [0.4, 0.5) is 10.5 Å². The molecule has 0 aliphatic carbocycles. The van der Waals surface area contributed by atoms with Crippen LogP contribution in [0.5, 0.6) is 0 Å². The maximum Gasteiger partial charge on any atom is 0.312 e. The first kappa shape index (κ1) is 25.6. The van der Waals surface area contributed by atoms with Gasteiger partial charge in [0.25, 0.3) is 0 Å². The fourth-order valence-electron chi connectivity index (χ4n) is 3.34. The van der Waals surface area contributed by atoms with Gasteiger partial charge in [-0.15, -0.1) is 0 Å². The van der Waals surface area contributed by atoms with Crippen LogP contribution in [0.2, 0.25) is 0 Å². The number of nitrogens with one attached hydrogen (secondary N) is 3. The Bertz CT molecular complexity index is 686. The maximum atomic E-state index is 13.0. The largest absolute Gasteiger partial charge is 0.352 e. The molecule has 0 unspecified atom stereocenters. The van der Waals surface area contributed by atoms with E-state index in [0.717, 1.165) is 6.42 Å². The molecule has 5 N–H and O–H groups in total. The summed E-state index contributed by atoms with van der Waals surface area (Å²) in [5.74, 6) is -0.503. The fourth-order valence-corrected chi connectivity index (χ4v) is 3.34. The van der Waals surface area contributed by atoms with Crippen LogP contribution in [0.15, 0.2) is 24.3 Å². The van der Waals surface area contributed by atoms with Crippen LogP contribution in [0.3, 0.4) is 0 Å². The zero-order valence-electron chi connectivity index (χ0n) is 19.0. The highest BCUT2D eigenvalue weighted by molar-refractivity contribution is 5.96. The molecule has 0 bridgehead atoms. The molecule has 0 aromatic heterocycles. The van der Waals surface area contributed by atoms with E-state index in [2.05, 4.69) is 22.9 Å². The number of hydrogen-bond donors (Lipinski definition) is 4. The number of benzene rings is 1. The molecule has 0 aliphatic heterocycles. The number of anilines is 1. The lowest BCUT2D eigenvalue weighted by Gasteiger charge is -2.25. The van der Waals surface area contributed by atoms with E-state index < -0.39 is 11.9 Å². The van der Waals surface area contributed by atoms with Crippen molar-refractivity contribution >= 4 is 23.4 Å². The zero-order valence-corrected chi connectivity index (χ0v) is 19.0. The third-order valence-corrected chi connectivity index (χ3v) is 5.00. The Labute approximate surface area is 180 Å². The Morgan fingerprint density at radius 3 is 2.17 bits per heavy atom. The van der Waals surface area contributed by atoms with Gasteiger partial charge in [-0.1, -0.05) is 46.8 Å². The van der Waals surface area contributed by atoms with Gasteiger partial charge in [0.05, 0.1) is 6.04 Å². The predicted octanol–water partition coefficient (Wildman–Crippen LogP) is 3.23. The summed E-state index contributed by atoms with van der Waals surface area (Å²) in [6.07, 6.45) is 2.13. The van der Waals surface area contributed by atoms with Gasteiger partial charge in [0.15, 0.2) is 5.78 Å². The zero-order chi connectivity index (χ0) is 22.7. The molecular weight excluding hydrogens is 380 g/mol. The number of rotatable bonds is 13. The molecule has 0 saturated heterocycles. The summed E-state index contributed by atoms with van der Waals surface area (Å²) < 4.78 is 0. The molecule has 1 aromatic rings. The number of carbonyl (C=O) groups excluding carboxylic acids is 3. The summed E-state index contributed by atoms with van der Waals surface area (Å²) in [7, 11) is 0. The number of hydrogen-bond acceptors (Lipinski definition) is 4. The molecule has 7 heteroatoms. The minimum atomic E-state index is -0.593. The van der Waals surface area contributed by atoms with Gasteiger partial charge < -0.3 is 21.7 Å². The number of urea groups is 1. The molecule has 1 rings (SSSR count). The van der Waals surface area contributed by atoms with Gasteiger partial charge >= 0.3 is 6.03 Å². The predicted molar refractivity (Wildman–Crippen MR) is 121 cm³/mol. The molecule has 30 heavy (non-hydrogen) atoms. The van der Waals surface area contributed by atoms with Crippen molar-refractivity contribution in [3.8, 4) is 0 Å². The third kappa shape index (κ3) is 9.39. The highest BCUT2D eigenvalue weighted by atomic mass is 16.2. The molecule has 3 amide bonds. The van der Waals surface area contributed by atoms with Gasteiger partial charge in [-0.2, -0.15) is 0 Å². The van der Waals surface area contributed by atoms with Gasteiger partial charge in [0.1, 0.15) is 0 Å². The number of aryl methyl sites for hydroxylation is 1. The topological polar surface area (TPSA) is 113 Å². The first-order valence-electron chi connectivity index (χ1n) is 10.9. The normalized spacial score (nSPS) is 13.2. The first-order chi connectivity index (χ1) is 14.1. The molecular formula is C23H38N4O3. The molecule has 0 saturated carbocycles. The second-order valence-electron chi connectivity index (χ2n) is 8.38. The Balaban J connectivity index is 2.86. The number of Topliss-reactive ketones (excluding diaryl/α,β-unsaturated/α-hetero) is 1. The molecule has 0 aliphatic rings. The number of amides is 3. The molecule has 0 fully saturated rings. The van der Waals surface area contributed by atoms with E-state index in [1.807, 2.05) is 52.0 Å². The average molecular weight is 419 g/mol. The molecule has 0 radical (unpaired) electrons. The van der Waals surface area contributed by atoms with Crippen LogP contribution in [0.25, 0.3) is 0 Å². The lowest BCUT2D eigenvalue weighted by molar-refractivity contribution is -0.128. The van der Waals surface area contributed by atoms with Crippen molar-refractivity contribution in [3.05, 3.63) is 29.8 Å². The van der Waals surface area contributed by atoms with Crippen molar-refractivity contribution in [3.63, 3.8) is 0 Å². The van der Waals surface area contributed by atoms with Gasteiger partial charge in [-0.25, -0.2) is 4.79 Å². The van der Waals surface area contributed by atoms with Crippen LogP contribution in [-0.4, -0.2) is 36.3 Å². The van der Waals surface area contributed by atoms with Crippen LogP contribution >= 0.6 is 0 Å². The Kier molecular flexibility index (Phi) is 11.1. The standard InChI is InChI=1S/C23H38N4O3/c1-6-17-9-11-19(12-10-17)27-22(29)18(8-7-13-25-23(24)30)14-20(28)21(15(2)3)26-16(4)5/h9-12,15-16,18,21,26H,6-8,13-14H2,1-5H3,(H,27,29)(H3,24,25,30)/t18-,21+/m1/s1. The van der Waals surface area contributed by atoms with E-state index in [4.69, 9.17) is 5.73 Å². The highest BCUT2D eigenvalue weighted by Crippen LogP contribution is 2.19. The molecule has 1 aromatic carbocycles. The summed E-state index contributed by atoms with van der Waals surface area (Å²) in [6, 6.07) is 6.99.